The highest BCUT2D eigenvalue weighted by Gasteiger charge is 2.76. The molecule has 0 amide bonds. The minimum atomic E-state index is -1.94. The van der Waals surface area contributed by atoms with Crippen LogP contribution >= 0.6 is 0 Å². The van der Waals surface area contributed by atoms with Crippen molar-refractivity contribution in [3.05, 3.63) is 47.6 Å². The van der Waals surface area contributed by atoms with Gasteiger partial charge in [0, 0.05) is 12.0 Å². The van der Waals surface area contributed by atoms with Gasteiger partial charge in [0.05, 0.1) is 5.41 Å². The van der Waals surface area contributed by atoms with Crippen LogP contribution in [-0.2, 0) is 14.3 Å². The van der Waals surface area contributed by atoms with E-state index in [0.29, 0.717) is 17.1 Å². The Morgan fingerprint density at radius 3 is 2.60 bits per heavy atom. The predicted octanol–water partition coefficient (Wildman–Crippen LogP) is 5.09. The molecule has 0 aromatic carbocycles. The Balaban J connectivity index is 1.63. The van der Waals surface area contributed by atoms with Crippen molar-refractivity contribution < 1.29 is 24.5 Å². The normalized spacial score (nSPS) is 41.7. The number of esters is 1. The third-order valence-corrected chi connectivity index (χ3v) is 9.53. The number of hydrogen-bond donors (Lipinski definition) is 2. The van der Waals surface area contributed by atoms with Gasteiger partial charge in [-0.1, -0.05) is 70.9 Å². The van der Waals surface area contributed by atoms with E-state index in [1.54, 1.807) is 19.9 Å². The first-order valence-electron chi connectivity index (χ1n) is 13.3. The SMILES string of the molecule is CCCCC/C=C/C=C/C(=O)O[C@H]1C(C)=C[C@]23C(=O)[C@@H](C=C(C)[C@@H](O)[C@]12O)C1C(C[C@H]3C)C1(C)C. The Morgan fingerprint density at radius 2 is 1.91 bits per heavy atom. The van der Waals surface area contributed by atoms with E-state index in [1.807, 2.05) is 31.2 Å². The molecule has 1 spiro atoms. The van der Waals surface area contributed by atoms with E-state index in [0.717, 1.165) is 25.7 Å². The van der Waals surface area contributed by atoms with Crippen molar-refractivity contribution in [2.24, 2.45) is 34.5 Å². The molecule has 0 aromatic heterocycles. The van der Waals surface area contributed by atoms with Crippen LogP contribution in [0.3, 0.4) is 0 Å². The summed E-state index contributed by atoms with van der Waals surface area (Å²) in [5.74, 6) is -0.627. The molecule has 0 radical (unpaired) electrons. The lowest BCUT2D eigenvalue weighted by Crippen LogP contribution is -2.65. The van der Waals surface area contributed by atoms with E-state index in [4.69, 9.17) is 4.74 Å². The maximum atomic E-state index is 14.3. The predicted molar refractivity (Wildman–Crippen MR) is 136 cm³/mol. The molecule has 5 heteroatoms. The minimum absolute atomic E-state index is 0.0510. The van der Waals surface area contributed by atoms with Crippen LogP contribution in [0.1, 0.15) is 73.6 Å². The van der Waals surface area contributed by atoms with Crippen LogP contribution in [0.15, 0.2) is 47.6 Å². The summed E-state index contributed by atoms with van der Waals surface area (Å²) in [5.41, 5.74) is -2.00. The van der Waals surface area contributed by atoms with E-state index >= 15 is 0 Å². The van der Waals surface area contributed by atoms with Crippen LogP contribution in [0, 0.1) is 34.5 Å². The Hall–Kier alpha value is -1.98. The van der Waals surface area contributed by atoms with Gasteiger partial charge in [0.1, 0.15) is 6.10 Å². The van der Waals surface area contributed by atoms with E-state index in [2.05, 4.69) is 20.8 Å². The van der Waals surface area contributed by atoms with Crippen LogP contribution in [0.5, 0.6) is 0 Å². The topological polar surface area (TPSA) is 83.8 Å². The lowest BCUT2D eigenvalue weighted by Gasteiger charge is -2.48. The van der Waals surface area contributed by atoms with Gasteiger partial charge in [0.2, 0.25) is 0 Å². The molecule has 2 bridgehead atoms. The molecule has 4 rings (SSSR count). The van der Waals surface area contributed by atoms with Crippen LogP contribution < -0.4 is 0 Å². The molecule has 5 nitrogen and oxygen atoms in total. The zero-order chi connectivity index (χ0) is 25.8. The van der Waals surface area contributed by atoms with Gasteiger partial charge in [0.15, 0.2) is 17.5 Å². The van der Waals surface area contributed by atoms with Gasteiger partial charge in [-0.05, 0) is 67.4 Å². The number of unbranched alkanes of at least 4 members (excludes halogenated alkanes) is 3. The number of hydrogen-bond acceptors (Lipinski definition) is 5. The molecule has 4 aliphatic carbocycles. The molecule has 0 aromatic rings. The first kappa shape index (κ1) is 26.1. The molecule has 8 atom stereocenters. The van der Waals surface area contributed by atoms with Gasteiger partial charge in [-0.2, -0.15) is 0 Å². The average Bonchev–Trinajstić information content (AvgIpc) is 3.29. The summed E-state index contributed by atoms with van der Waals surface area (Å²) in [7, 11) is 0. The van der Waals surface area contributed by atoms with Gasteiger partial charge in [-0.15, -0.1) is 0 Å². The maximum Gasteiger partial charge on any atom is 0.331 e. The highest BCUT2D eigenvalue weighted by Crippen LogP contribution is 2.71. The monoisotopic (exact) mass is 482 g/mol. The molecule has 0 heterocycles. The summed E-state index contributed by atoms with van der Waals surface area (Å²) in [6.07, 6.45) is 13.3. The first-order chi connectivity index (χ1) is 16.4. The van der Waals surface area contributed by atoms with Gasteiger partial charge in [0.25, 0.3) is 0 Å². The van der Waals surface area contributed by atoms with E-state index in [-0.39, 0.29) is 29.0 Å². The quantitative estimate of drug-likeness (QED) is 0.174. The standard InChI is InChI=1S/C30H42O5/c1-7-8-9-10-11-12-13-14-23(31)35-27-19(3)17-29-20(4)16-22-24(28(22,5)6)21(26(29)33)15-18(2)25(32)30(27,29)34/h11-15,17,20-22,24-25,27,32,34H,7-10,16H2,1-6H3/b12-11+,14-13+/t20-,21+,22?,24?,25-,27+,29+,30+/m1/s1. The van der Waals surface area contributed by atoms with Crippen molar-refractivity contribution in [2.45, 2.75) is 91.5 Å². The highest BCUT2D eigenvalue weighted by atomic mass is 16.6. The molecule has 0 aliphatic heterocycles. The highest BCUT2D eigenvalue weighted by molar-refractivity contribution is 5.95. The number of ether oxygens (including phenoxy) is 1. The van der Waals surface area contributed by atoms with Crippen LogP contribution in [-0.4, -0.2) is 39.8 Å². The average molecular weight is 483 g/mol. The second-order valence-corrected chi connectivity index (χ2v) is 12.0. The summed E-state index contributed by atoms with van der Waals surface area (Å²) >= 11 is 0. The molecule has 2 N–H and O–H groups in total. The summed E-state index contributed by atoms with van der Waals surface area (Å²) < 4.78 is 5.80. The Bertz CT molecular complexity index is 1000. The number of rotatable bonds is 7. The van der Waals surface area contributed by atoms with Crippen molar-refractivity contribution in [1.82, 2.24) is 0 Å². The minimum Gasteiger partial charge on any atom is -0.451 e. The Labute approximate surface area is 210 Å². The molecule has 0 saturated heterocycles. The lowest BCUT2D eigenvalue weighted by molar-refractivity contribution is -0.200. The number of allylic oxidation sites excluding steroid dienone is 4. The van der Waals surface area contributed by atoms with Crippen molar-refractivity contribution >= 4 is 11.8 Å². The van der Waals surface area contributed by atoms with Crippen molar-refractivity contribution in [1.29, 1.82) is 0 Å². The number of ketones is 1. The third kappa shape index (κ3) is 3.81. The van der Waals surface area contributed by atoms with Crippen molar-refractivity contribution in [2.75, 3.05) is 0 Å². The molecule has 2 saturated carbocycles. The van der Waals surface area contributed by atoms with Crippen LogP contribution in [0.25, 0.3) is 0 Å². The number of fused-ring (bicyclic) bond motifs is 3. The number of aliphatic hydroxyl groups excluding tert-OH is 1. The van der Waals surface area contributed by atoms with Crippen molar-refractivity contribution in [3.8, 4) is 0 Å². The Kier molecular flexibility index (Phi) is 6.82. The van der Waals surface area contributed by atoms with E-state index in [1.165, 1.54) is 12.5 Å². The summed E-state index contributed by atoms with van der Waals surface area (Å²) in [6, 6.07) is 0. The summed E-state index contributed by atoms with van der Waals surface area (Å²) in [4.78, 5) is 27.0. The molecule has 4 aliphatic rings. The lowest BCUT2D eigenvalue weighted by atomic mass is 9.59. The van der Waals surface area contributed by atoms with Gasteiger partial charge in [-0.3, -0.25) is 4.79 Å². The van der Waals surface area contributed by atoms with E-state index < -0.39 is 29.2 Å². The Morgan fingerprint density at radius 1 is 1.20 bits per heavy atom. The second-order valence-electron chi connectivity index (χ2n) is 12.0. The number of aliphatic hydroxyl groups is 2. The number of carbonyl (C=O) groups is 2. The largest absolute Gasteiger partial charge is 0.451 e. The van der Waals surface area contributed by atoms with E-state index in [9.17, 15) is 19.8 Å². The fourth-order valence-electron chi connectivity index (χ4n) is 7.55. The fourth-order valence-corrected chi connectivity index (χ4v) is 7.55. The summed E-state index contributed by atoms with van der Waals surface area (Å²) in [6.45, 7) is 12.1. The molecular weight excluding hydrogens is 440 g/mol. The van der Waals surface area contributed by atoms with Gasteiger partial charge in [-0.25, -0.2) is 4.79 Å². The number of carbonyl (C=O) groups excluding carboxylic acids is 2. The second kappa shape index (κ2) is 9.15. The smallest absolute Gasteiger partial charge is 0.331 e. The molecular formula is C30H42O5. The first-order valence-corrected chi connectivity index (χ1v) is 13.3. The van der Waals surface area contributed by atoms with Gasteiger partial charge < -0.3 is 14.9 Å². The zero-order valence-corrected chi connectivity index (χ0v) is 22.1. The third-order valence-electron chi connectivity index (χ3n) is 9.53. The van der Waals surface area contributed by atoms with Crippen LogP contribution in [0.2, 0.25) is 0 Å². The molecule has 2 unspecified atom stereocenters. The van der Waals surface area contributed by atoms with Gasteiger partial charge >= 0.3 is 5.97 Å². The molecule has 35 heavy (non-hydrogen) atoms. The molecule has 192 valence electrons. The molecule has 2 fully saturated rings. The number of Topliss-reactive ketones (excluding diaryl/α,β-unsaturated/α-hetero) is 1. The summed E-state index contributed by atoms with van der Waals surface area (Å²) in [5, 5.41) is 23.8. The fraction of sp³-hybridized carbons (Fsp3) is 0.667. The zero-order valence-electron chi connectivity index (χ0n) is 22.1. The van der Waals surface area contributed by atoms with Crippen molar-refractivity contribution in [3.63, 3.8) is 0 Å². The maximum absolute atomic E-state index is 14.3. The van der Waals surface area contributed by atoms with Crippen LogP contribution in [0.4, 0.5) is 0 Å².